The Morgan fingerprint density at radius 1 is 0.737 bits per heavy atom. The minimum atomic E-state index is -1.42. The SMILES string of the molecule is O=C([O-])CCC(=O)ONOC(=O)CCC(=O)[O-].[Na+].[Na+]. The van der Waals surface area contributed by atoms with Crippen molar-refractivity contribution in [1.29, 1.82) is 0 Å². The number of carboxylic acid groups (broad SMARTS) is 2. The van der Waals surface area contributed by atoms with E-state index >= 15 is 0 Å². The molecule has 0 heterocycles. The van der Waals surface area contributed by atoms with Crippen LogP contribution in [-0.4, -0.2) is 23.9 Å². The standard InChI is InChI=1S/C8H11NO8.2Na/c10-5(11)1-3-7(14)16-9-17-8(15)4-2-6(12)13;;/h9H,1-4H2,(H,10,11)(H,12,13);;/q;2*+1/p-2. The molecule has 0 spiro atoms. The predicted molar refractivity (Wildman–Crippen MR) is 43.8 cm³/mol. The van der Waals surface area contributed by atoms with Gasteiger partial charge in [-0.2, -0.15) is 0 Å². The third kappa shape index (κ3) is 17.8. The fourth-order valence-electron chi connectivity index (χ4n) is 0.624. The quantitative estimate of drug-likeness (QED) is 0.340. The zero-order valence-electron chi connectivity index (χ0n) is 10.6. The van der Waals surface area contributed by atoms with Gasteiger partial charge in [0.25, 0.3) is 0 Å². The van der Waals surface area contributed by atoms with Crippen LogP contribution in [0.15, 0.2) is 0 Å². The first-order chi connectivity index (χ1) is 7.91. The van der Waals surface area contributed by atoms with Gasteiger partial charge in [-0.1, -0.05) is 0 Å². The van der Waals surface area contributed by atoms with Crippen LogP contribution in [0.4, 0.5) is 0 Å². The molecule has 1 N–H and O–H groups in total. The van der Waals surface area contributed by atoms with Crippen LogP contribution in [0.25, 0.3) is 0 Å². The normalized spacial score (nSPS) is 8.42. The van der Waals surface area contributed by atoms with Gasteiger partial charge in [-0.25, -0.2) is 0 Å². The fourth-order valence-corrected chi connectivity index (χ4v) is 0.624. The Balaban J connectivity index is -0.00000128. The average Bonchev–Trinajstić information content (AvgIpc) is 2.23. The third-order valence-electron chi connectivity index (χ3n) is 1.38. The van der Waals surface area contributed by atoms with Crippen LogP contribution in [0.2, 0.25) is 0 Å². The van der Waals surface area contributed by atoms with Gasteiger partial charge in [-0.15, -0.1) is 0 Å². The molecular formula is C8H9NNa2O8. The molecule has 0 unspecified atom stereocenters. The zero-order valence-corrected chi connectivity index (χ0v) is 14.6. The summed E-state index contributed by atoms with van der Waals surface area (Å²) >= 11 is 0. The van der Waals surface area contributed by atoms with E-state index in [9.17, 15) is 29.4 Å². The molecule has 0 aromatic rings. The van der Waals surface area contributed by atoms with Crippen molar-refractivity contribution in [3.05, 3.63) is 0 Å². The van der Waals surface area contributed by atoms with Crippen molar-refractivity contribution in [2.45, 2.75) is 25.7 Å². The summed E-state index contributed by atoms with van der Waals surface area (Å²) in [5.74, 6) is -4.79. The van der Waals surface area contributed by atoms with Crippen molar-refractivity contribution in [1.82, 2.24) is 5.64 Å². The van der Waals surface area contributed by atoms with E-state index in [1.807, 2.05) is 0 Å². The van der Waals surface area contributed by atoms with Gasteiger partial charge in [0.1, 0.15) is 0 Å². The van der Waals surface area contributed by atoms with Gasteiger partial charge in [-0.3, -0.25) is 9.59 Å². The molecule has 9 nitrogen and oxygen atoms in total. The molecule has 0 aliphatic heterocycles. The van der Waals surface area contributed by atoms with E-state index < -0.39 is 49.6 Å². The summed E-state index contributed by atoms with van der Waals surface area (Å²) in [6.07, 6.45) is -1.96. The molecule has 11 heteroatoms. The molecule has 0 aliphatic rings. The van der Waals surface area contributed by atoms with Crippen LogP contribution in [0.1, 0.15) is 25.7 Å². The summed E-state index contributed by atoms with van der Waals surface area (Å²) in [5, 5.41) is 19.9. The van der Waals surface area contributed by atoms with Crippen LogP contribution in [-0.2, 0) is 28.9 Å². The van der Waals surface area contributed by atoms with Gasteiger partial charge in [0.05, 0.1) is 12.8 Å². The van der Waals surface area contributed by atoms with Crippen LogP contribution in [0.3, 0.4) is 0 Å². The number of hydrogen-bond acceptors (Lipinski definition) is 9. The Morgan fingerprint density at radius 3 is 1.32 bits per heavy atom. The third-order valence-corrected chi connectivity index (χ3v) is 1.38. The van der Waals surface area contributed by atoms with E-state index in [0.29, 0.717) is 0 Å². The van der Waals surface area contributed by atoms with E-state index in [4.69, 9.17) is 0 Å². The first kappa shape index (κ1) is 23.9. The number of hydrogen-bond donors (Lipinski definition) is 1. The molecule has 0 amide bonds. The molecule has 96 valence electrons. The topological polar surface area (TPSA) is 145 Å². The Kier molecular flexibility index (Phi) is 17.9. The number of rotatable bonds is 8. The molecule has 0 radical (unpaired) electrons. The minimum Gasteiger partial charge on any atom is -0.550 e. The molecule has 0 saturated carbocycles. The first-order valence-electron chi connectivity index (χ1n) is 4.46. The van der Waals surface area contributed by atoms with Crippen molar-refractivity contribution in [3.63, 3.8) is 0 Å². The van der Waals surface area contributed by atoms with Crippen molar-refractivity contribution < 1.29 is 98.2 Å². The van der Waals surface area contributed by atoms with Gasteiger partial charge in [0, 0.05) is 17.6 Å². The van der Waals surface area contributed by atoms with Crippen LogP contribution in [0, 0.1) is 0 Å². The molecule has 0 atom stereocenters. The Hall–Kier alpha value is -0.160. The van der Waals surface area contributed by atoms with Gasteiger partial charge < -0.3 is 29.5 Å². The average molecular weight is 293 g/mol. The maximum Gasteiger partial charge on any atom is 1.00 e. The fraction of sp³-hybridized carbons (Fsp3) is 0.500. The van der Waals surface area contributed by atoms with Crippen molar-refractivity contribution in [2.24, 2.45) is 0 Å². The van der Waals surface area contributed by atoms with Gasteiger partial charge in [0.2, 0.25) is 0 Å². The largest absolute Gasteiger partial charge is 1.00 e. The molecule has 19 heavy (non-hydrogen) atoms. The summed E-state index contributed by atoms with van der Waals surface area (Å²) < 4.78 is 0. The second kappa shape index (κ2) is 14.3. The molecule has 0 saturated heterocycles. The molecule has 0 bridgehead atoms. The van der Waals surface area contributed by atoms with Crippen molar-refractivity contribution in [3.8, 4) is 0 Å². The first-order valence-corrected chi connectivity index (χ1v) is 4.46. The number of nitrogens with one attached hydrogen (secondary N) is 1. The molecule has 0 rings (SSSR count). The van der Waals surface area contributed by atoms with E-state index in [1.165, 1.54) is 5.64 Å². The Labute approximate surface area is 152 Å². The van der Waals surface area contributed by atoms with Crippen LogP contribution >= 0.6 is 0 Å². The maximum absolute atomic E-state index is 10.7. The van der Waals surface area contributed by atoms with E-state index in [0.717, 1.165) is 0 Å². The second-order valence-electron chi connectivity index (χ2n) is 2.78. The van der Waals surface area contributed by atoms with Gasteiger partial charge >= 0.3 is 71.1 Å². The second-order valence-corrected chi connectivity index (χ2v) is 2.78. The summed E-state index contributed by atoms with van der Waals surface area (Å²) in [4.78, 5) is 49.5. The van der Waals surface area contributed by atoms with Crippen molar-refractivity contribution >= 4 is 23.9 Å². The molecular weight excluding hydrogens is 284 g/mol. The molecule has 0 aromatic carbocycles. The Morgan fingerprint density at radius 2 is 1.05 bits per heavy atom. The molecule has 0 fully saturated rings. The number of carbonyl (C=O) groups is 4. The van der Waals surface area contributed by atoms with Gasteiger partial charge in [-0.05, 0) is 12.8 Å². The van der Waals surface area contributed by atoms with E-state index in [2.05, 4.69) is 9.68 Å². The molecule has 0 aromatic heterocycles. The van der Waals surface area contributed by atoms with Gasteiger partial charge in [0.15, 0.2) is 0 Å². The van der Waals surface area contributed by atoms with E-state index in [1.54, 1.807) is 0 Å². The predicted octanol–water partition coefficient (Wildman–Crippen LogP) is -9.44. The monoisotopic (exact) mass is 293 g/mol. The number of carbonyl (C=O) groups excluding carboxylic acids is 4. The summed E-state index contributed by atoms with van der Waals surface area (Å²) in [7, 11) is 0. The Bertz CT molecular complexity index is 292. The maximum atomic E-state index is 10.7. The van der Waals surface area contributed by atoms with Crippen molar-refractivity contribution in [2.75, 3.05) is 0 Å². The smallest absolute Gasteiger partial charge is 0.550 e. The summed E-state index contributed by atoms with van der Waals surface area (Å²) in [5.41, 5.74) is 1.51. The number of aliphatic carboxylic acids is 2. The number of carboxylic acids is 2. The summed E-state index contributed by atoms with van der Waals surface area (Å²) in [6, 6.07) is 0. The van der Waals surface area contributed by atoms with Crippen LogP contribution in [0.5, 0.6) is 0 Å². The van der Waals surface area contributed by atoms with E-state index in [-0.39, 0.29) is 59.1 Å². The zero-order chi connectivity index (χ0) is 13.3. The van der Waals surface area contributed by atoms with Crippen LogP contribution < -0.4 is 75.0 Å². The summed E-state index contributed by atoms with van der Waals surface area (Å²) in [6.45, 7) is 0. The minimum absolute atomic E-state index is 0. The molecule has 0 aliphatic carbocycles.